The fraction of sp³-hybridized carbons (Fsp3) is 0.500. The van der Waals surface area contributed by atoms with E-state index in [1.165, 1.54) is 0 Å². The van der Waals surface area contributed by atoms with E-state index in [0.717, 1.165) is 5.69 Å². The molecule has 1 aliphatic rings. The highest BCUT2D eigenvalue weighted by Crippen LogP contribution is 2.33. The van der Waals surface area contributed by atoms with Gasteiger partial charge in [0.25, 0.3) is 0 Å². The minimum absolute atomic E-state index is 0.105. The van der Waals surface area contributed by atoms with Crippen molar-refractivity contribution in [3.05, 3.63) is 24.3 Å². The van der Waals surface area contributed by atoms with Gasteiger partial charge < -0.3 is 14.4 Å². The summed E-state index contributed by atoms with van der Waals surface area (Å²) in [6.07, 6.45) is 0.510. The van der Waals surface area contributed by atoms with Crippen LogP contribution < -0.4 is 9.64 Å². The molecule has 0 aromatic heterocycles. The normalized spacial score (nSPS) is 18.9. The Labute approximate surface area is 118 Å². The molecule has 104 valence electrons. The first-order valence-electron chi connectivity index (χ1n) is 6.33. The second-order valence-corrected chi connectivity index (χ2v) is 4.85. The van der Waals surface area contributed by atoms with Gasteiger partial charge in [-0.3, -0.25) is 4.79 Å². The molecule has 1 aliphatic heterocycles. The van der Waals surface area contributed by atoms with Crippen LogP contribution in [0.3, 0.4) is 0 Å². The van der Waals surface area contributed by atoms with Gasteiger partial charge in [0.05, 0.1) is 12.3 Å². The van der Waals surface area contributed by atoms with E-state index in [2.05, 4.69) is 0 Å². The van der Waals surface area contributed by atoms with Crippen LogP contribution in [-0.4, -0.2) is 38.7 Å². The Kier molecular flexibility index (Phi) is 5.05. The minimum atomic E-state index is 0.105. The second-order valence-electron chi connectivity index (χ2n) is 4.54. The number of benzene rings is 1. The first-order valence-corrected chi connectivity index (χ1v) is 6.86. The number of methoxy groups -OCH3 is 1. The van der Waals surface area contributed by atoms with Gasteiger partial charge in [-0.15, -0.1) is 11.6 Å². The van der Waals surface area contributed by atoms with Gasteiger partial charge in [-0.1, -0.05) is 12.1 Å². The Morgan fingerprint density at radius 3 is 2.84 bits per heavy atom. The van der Waals surface area contributed by atoms with Crippen molar-refractivity contribution in [2.45, 2.75) is 6.42 Å². The van der Waals surface area contributed by atoms with Gasteiger partial charge in [0, 0.05) is 26.0 Å². The van der Waals surface area contributed by atoms with Crippen molar-refractivity contribution in [2.75, 3.05) is 37.6 Å². The molecule has 0 bridgehead atoms. The van der Waals surface area contributed by atoms with E-state index < -0.39 is 0 Å². The SMILES string of the molecule is COCCOc1ccccc1N1CC(CCl)CC1=O. The maximum atomic E-state index is 12.0. The zero-order chi connectivity index (χ0) is 13.7. The van der Waals surface area contributed by atoms with Crippen LogP contribution in [0.25, 0.3) is 0 Å². The summed E-state index contributed by atoms with van der Waals surface area (Å²) in [5, 5.41) is 0. The van der Waals surface area contributed by atoms with Crippen LogP contribution in [0.2, 0.25) is 0 Å². The summed E-state index contributed by atoms with van der Waals surface area (Å²) in [6.45, 7) is 1.65. The average Bonchev–Trinajstić information content (AvgIpc) is 2.81. The van der Waals surface area contributed by atoms with Crippen molar-refractivity contribution in [3.63, 3.8) is 0 Å². The number of hydrogen-bond acceptors (Lipinski definition) is 3. The monoisotopic (exact) mass is 283 g/mol. The van der Waals surface area contributed by atoms with E-state index in [1.807, 2.05) is 24.3 Å². The van der Waals surface area contributed by atoms with E-state index >= 15 is 0 Å². The Balaban J connectivity index is 2.13. The van der Waals surface area contributed by atoms with Crippen molar-refractivity contribution in [1.82, 2.24) is 0 Å². The van der Waals surface area contributed by atoms with Gasteiger partial charge in [-0.2, -0.15) is 0 Å². The predicted molar refractivity (Wildman–Crippen MR) is 75.0 cm³/mol. The number of anilines is 1. The molecule has 19 heavy (non-hydrogen) atoms. The quantitative estimate of drug-likeness (QED) is 0.594. The molecule has 1 amide bonds. The Bertz CT molecular complexity index is 438. The van der Waals surface area contributed by atoms with Crippen LogP contribution in [0.5, 0.6) is 5.75 Å². The van der Waals surface area contributed by atoms with Crippen LogP contribution in [0.15, 0.2) is 24.3 Å². The number of carbonyl (C=O) groups is 1. The number of alkyl halides is 1. The van der Waals surface area contributed by atoms with Gasteiger partial charge in [0.15, 0.2) is 0 Å². The third-order valence-corrected chi connectivity index (χ3v) is 3.56. The average molecular weight is 284 g/mol. The molecule has 1 unspecified atom stereocenters. The summed E-state index contributed by atoms with van der Waals surface area (Å²) in [6, 6.07) is 7.56. The molecule has 1 atom stereocenters. The van der Waals surface area contributed by atoms with Crippen LogP contribution in [-0.2, 0) is 9.53 Å². The van der Waals surface area contributed by atoms with Crippen LogP contribution >= 0.6 is 11.6 Å². The number of para-hydroxylation sites is 2. The zero-order valence-electron chi connectivity index (χ0n) is 11.0. The van der Waals surface area contributed by atoms with E-state index in [9.17, 15) is 4.79 Å². The van der Waals surface area contributed by atoms with E-state index in [0.29, 0.717) is 37.8 Å². The van der Waals surface area contributed by atoms with E-state index in [1.54, 1.807) is 12.0 Å². The summed E-state index contributed by atoms with van der Waals surface area (Å²) in [7, 11) is 1.63. The smallest absolute Gasteiger partial charge is 0.227 e. The number of amides is 1. The standard InChI is InChI=1S/C14H18ClNO3/c1-18-6-7-19-13-5-3-2-4-12(13)16-10-11(9-15)8-14(16)17/h2-5,11H,6-10H2,1H3. The Hall–Kier alpha value is -1.26. The Morgan fingerprint density at radius 1 is 1.37 bits per heavy atom. The van der Waals surface area contributed by atoms with Crippen molar-refractivity contribution in [1.29, 1.82) is 0 Å². The zero-order valence-corrected chi connectivity index (χ0v) is 11.7. The highest BCUT2D eigenvalue weighted by Gasteiger charge is 2.31. The van der Waals surface area contributed by atoms with E-state index in [-0.39, 0.29) is 11.8 Å². The van der Waals surface area contributed by atoms with Gasteiger partial charge in [-0.25, -0.2) is 0 Å². The van der Waals surface area contributed by atoms with Crippen molar-refractivity contribution in [2.24, 2.45) is 5.92 Å². The molecule has 4 nitrogen and oxygen atoms in total. The molecule has 1 heterocycles. The van der Waals surface area contributed by atoms with Gasteiger partial charge in [0.1, 0.15) is 12.4 Å². The molecular formula is C14H18ClNO3. The molecular weight excluding hydrogens is 266 g/mol. The third-order valence-electron chi connectivity index (χ3n) is 3.12. The van der Waals surface area contributed by atoms with Crippen LogP contribution in [0.1, 0.15) is 6.42 Å². The van der Waals surface area contributed by atoms with Gasteiger partial charge >= 0.3 is 0 Å². The first kappa shape index (κ1) is 14.2. The summed E-state index contributed by atoms with van der Waals surface area (Å²) >= 11 is 5.84. The van der Waals surface area contributed by atoms with Crippen LogP contribution in [0.4, 0.5) is 5.69 Å². The first-order chi connectivity index (χ1) is 9.26. The largest absolute Gasteiger partial charge is 0.489 e. The number of ether oxygens (including phenoxy) is 2. The van der Waals surface area contributed by atoms with E-state index in [4.69, 9.17) is 21.1 Å². The molecule has 1 aromatic rings. The van der Waals surface area contributed by atoms with Crippen molar-refractivity contribution < 1.29 is 14.3 Å². The molecule has 1 aromatic carbocycles. The van der Waals surface area contributed by atoms with Crippen molar-refractivity contribution >= 4 is 23.2 Å². The number of carbonyl (C=O) groups excluding carboxylic acids is 1. The lowest BCUT2D eigenvalue weighted by Gasteiger charge is -2.20. The van der Waals surface area contributed by atoms with Crippen LogP contribution in [0, 0.1) is 5.92 Å². The third kappa shape index (κ3) is 3.39. The summed E-state index contributed by atoms with van der Waals surface area (Å²) in [4.78, 5) is 13.8. The molecule has 1 saturated heterocycles. The number of hydrogen-bond donors (Lipinski definition) is 0. The fourth-order valence-corrected chi connectivity index (χ4v) is 2.36. The molecule has 0 saturated carbocycles. The number of nitrogens with zero attached hydrogens (tertiary/aromatic N) is 1. The maximum Gasteiger partial charge on any atom is 0.227 e. The molecule has 5 heteroatoms. The lowest BCUT2D eigenvalue weighted by molar-refractivity contribution is -0.117. The lowest BCUT2D eigenvalue weighted by Crippen LogP contribution is -2.25. The topological polar surface area (TPSA) is 38.8 Å². The number of rotatable bonds is 6. The minimum Gasteiger partial charge on any atom is -0.489 e. The maximum absolute atomic E-state index is 12.0. The molecule has 1 fully saturated rings. The van der Waals surface area contributed by atoms with Gasteiger partial charge in [-0.05, 0) is 18.1 Å². The molecule has 0 spiro atoms. The lowest BCUT2D eigenvalue weighted by atomic mass is 10.1. The molecule has 0 aliphatic carbocycles. The Morgan fingerprint density at radius 2 is 2.16 bits per heavy atom. The summed E-state index contributed by atoms with van der Waals surface area (Å²) in [5.74, 6) is 1.55. The summed E-state index contributed by atoms with van der Waals surface area (Å²) < 4.78 is 10.6. The highest BCUT2D eigenvalue weighted by molar-refractivity contribution is 6.18. The molecule has 0 radical (unpaired) electrons. The highest BCUT2D eigenvalue weighted by atomic mass is 35.5. The van der Waals surface area contributed by atoms with Crippen molar-refractivity contribution in [3.8, 4) is 5.75 Å². The summed E-state index contributed by atoms with van der Waals surface area (Å²) in [5.41, 5.74) is 0.816. The molecule has 0 N–H and O–H groups in total. The van der Waals surface area contributed by atoms with Gasteiger partial charge in [0.2, 0.25) is 5.91 Å². The fourth-order valence-electron chi connectivity index (χ4n) is 2.15. The number of halogens is 1. The second kappa shape index (κ2) is 6.78. The molecule has 2 rings (SSSR count). The predicted octanol–water partition coefficient (Wildman–Crippen LogP) is 2.30.